The molecule has 1 nitrogen and oxygen atoms in total. The van der Waals surface area contributed by atoms with E-state index in [2.05, 4.69) is 26.1 Å². The first-order valence-electron chi connectivity index (χ1n) is 7.07. The first-order valence-corrected chi connectivity index (χ1v) is 7.44. The zero-order valence-electron chi connectivity index (χ0n) is 12.0. The highest BCUT2D eigenvalue weighted by molar-refractivity contribution is 6.31. The van der Waals surface area contributed by atoms with Crippen LogP contribution >= 0.6 is 11.6 Å². The lowest BCUT2D eigenvalue weighted by atomic mass is 9.88. The second kappa shape index (κ2) is 5.80. The normalized spacial score (nSPS) is 23.8. The minimum absolute atomic E-state index is 0.124. The van der Waals surface area contributed by atoms with Crippen molar-refractivity contribution in [3.63, 3.8) is 0 Å². The second-order valence-electron chi connectivity index (χ2n) is 6.59. The highest BCUT2D eigenvalue weighted by Crippen LogP contribution is 2.42. The van der Waals surface area contributed by atoms with Crippen molar-refractivity contribution < 1.29 is 4.39 Å². The van der Waals surface area contributed by atoms with Gasteiger partial charge in [0.05, 0.1) is 0 Å². The van der Waals surface area contributed by atoms with Gasteiger partial charge in [0, 0.05) is 10.6 Å². The van der Waals surface area contributed by atoms with Crippen molar-refractivity contribution in [2.24, 2.45) is 5.92 Å². The van der Waals surface area contributed by atoms with Gasteiger partial charge in [0.15, 0.2) is 0 Å². The Morgan fingerprint density at radius 1 is 1.32 bits per heavy atom. The van der Waals surface area contributed by atoms with Crippen LogP contribution in [0.1, 0.15) is 51.5 Å². The van der Waals surface area contributed by atoms with Crippen LogP contribution in [0.2, 0.25) is 5.02 Å². The predicted molar refractivity (Wildman–Crippen MR) is 79.2 cm³/mol. The quantitative estimate of drug-likeness (QED) is 0.844. The number of nitrogens with one attached hydrogen (secondary N) is 1. The highest BCUT2D eigenvalue weighted by Gasteiger charge is 2.30. The molecule has 2 rings (SSSR count). The molecule has 0 aliphatic heterocycles. The molecule has 0 amide bonds. The number of halogens is 2. The van der Waals surface area contributed by atoms with Gasteiger partial charge in [0.1, 0.15) is 5.82 Å². The third-order valence-electron chi connectivity index (χ3n) is 3.91. The summed E-state index contributed by atoms with van der Waals surface area (Å²) in [7, 11) is 0. The molecule has 0 bridgehead atoms. The Labute approximate surface area is 120 Å². The molecule has 1 saturated carbocycles. The zero-order chi connectivity index (χ0) is 14.0. The Balaban J connectivity index is 2.12. The molecule has 106 valence electrons. The van der Waals surface area contributed by atoms with Crippen molar-refractivity contribution in [2.75, 3.05) is 6.54 Å². The monoisotopic (exact) mass is 283 g/mol. The summed E-state index contributed by atoms with van der Waals surface area (Å²) < 4.78 is 13.4. The van der Waals surface area contributed by atoms with Gasteiger partial charge in [-0.05, 0) is 75.8 Å². The molecule has 0 saturated heterocycles. The Kier molecular flexibility index (Phi) is 4.52. The van der Waals surface area contributed by atoms with Crippen molar-refractivity contribution in [3.05, 3.63) is 34.6 Å². The lowest BCUT2D eigenvalue weighted by Gasteiger charge is -2.27. The summed E-state index contributed by atoms with van der Waals surface area (Å²) in [5.74, 6) is 0.755. The molecule has 1 aliphatic rings. The van der Waals surface area contributed by atoms with Crippen molar-refractivity contribution in [3.8, 4) is 0 Å². The maximum absolute atomic E-state index is 13.4. The lowest BCUT2D eigenvalue weighted by molar-refractivity contribution is 0.356. The van der Waals surface area contributed by atoms with Gasteiger partial charge in [-0.2, -0.15) is 0 Å². The molecule has 2 atom stereocenters. The minimum atomic E-state index is -0.186. The number of hydrogen-bond acceptors (Lipinski definition) is 1. The topological polar surface area (TPSA) is 12.0 Å². The van der Waals surface area contributed by atoms with E-state index in [1.165, 1.54) is 18.9 Å². The van der Waals surface area contributed by atoms with Gasteiger partial charge >= 0.3 is 0 Å². The number of hydrogen-bond donors (Lipinski definition) is 1. The van der Waals surface area contributed by atoms with E-state index >= 15 is 0 Å². The lowest BCUT2D eigenvalue weighted by Crippen LogP contribution is -2.39. The van der Waals surface area contributed by atoms with Crippen molar-refractivity contribution >= 4 is 11.6 Å². The summed E-state index contributed by atoms with van der Waals surface area (Å²) in [6.45, 7) is 7.49. The Hall–Kier alpha value is -0.600. The predicted octanol–water partition coefficient (Wildman–Crippen LogP) is 4.75. The van der Waals surface area contributed by atoms with Crippen LogP contribution in [0.4, 0.5) is 4.39 Å². The van der Waals surface area contributed by atoms with Gasteiger partial charge in [-0.1, -0.05) is 18.0 Å². The van der Waals surface area contributed by atoms with E-state index in [1.807, 2.05) is 0 Å². The van der Waals surface area contributed by atoms with Crippen LogP contribution < -0.4 is 5.32 Å². The molecule has 1 aromatic rings. The van der Waals surface area contributed by atoms with Gasteiger partial charge in [0.2, 0.25) is 0 Å². The number of benzene rings is 1. The van der Waals surface area contributed by atoms with E-state index in [4.69, 9.17) is 11.6 Å². The van der Waals surface area contributed by atoms with Crippen LogP contribution in [0.15, 0.2) is 18.2 Å². The molecule has 19 heavy (non-hydrogen) atoms. The van der Waals surface area contributed by atoms with Gasteiger partial charge in [-0.25, -0.2) is 4.39 Å². The van der Waals surface area contributed by atoms with Gasteiger partial charge in [0.25, 0.3) is 0 Å². The maximum atomic E-state index is 13.4. The first-order chi connectivity index (χ1) is 8.87. The van der Waals surface area contributed by atoms with E-state index in [0.29, 0.717) is 16.9 Å². The van der Waals surface area contributed by atoms with Crippen LogP contribution in [0.5, 0.6) is 0 Å². The molecular weight excluding hydrogens is 261 g/mol. The first kappa shape index (κ1) is 14.8. The van der Waals surface area contributed by atoms with E-state index in [1.54, 1.807) is 12.1 Å². The number of rotatable bonds is 3. The van der Waals surface area contributed by atoms with E-state index < -0.39 is 0 Å². The molecule has 0 heterocycles. The van der Waals surface area contributed by atoms with Crippen LogP contribution in [0, 0.1) is 11.7 Å². The van der Waals surface area contributed by atoms with Crippen LogP contribution in [-0.4, -0.2) is 12.1 Å². The summed E-state index contributed by atoms with van der Waals surface area (Å²) >= 11 is 6.24. The molecule has 0 radical (unpaired) electrons. The molecule has 0 aromatic heterocycles. The summed E-state index contributed by atoms with van der Waals surface area (Å²) in [4.78, 5) is 0. The molecular formula is C16H23ClFN. The average Bonchev–Trinajstić information content (AvgIpc) is 2.77. The van der Waals surface area contributed by atoms with E-state index in [0.717, 1.165) is 18.5 Å². The largest absolute Gasteiger partial charge is 0.312 e. The Morgan fingerprint density at radius 3 is 2.74 bits per heavy atom. The van der Waals surface area contributed by atoms with Crippen LogP contribution in [0.25, 0.3) is 0 Å². The fraction of sp³-hybridized carbons (Fsp3) is 0.625. The molecule has 1 aromatic carbocycles. The standard InChI is InChI=1S/C16H23ClFN/c1-16(2,3)19-10-11-5-4-6-13(11)14-9-12(18)7-8-15(14)17/h7-9,11,13,19H,4-6,10H2,1-3H3. The fourth-order valence-electron chi connectivity index (χ4n) is 2.93. The Morgan fingerprint density at radius 2 is 2.05 bits per heavy atom. The van der Waals surface area contributed by atoms with Gasteiger partial charge in [-0.3, -0.25) is 0 Å². The summed E-state index contributed by atoms with van der Waals surface area (Å²) in [5.41, 5.74) is 1.11. The maximum Gasteiger partial charge on any atom is 0.123 e. The van der Waals surface area contributed by atoms with Gasteiger partial charge < -0.3 is 5.32 Å². The zero-order valence-corrected chi connectivity index (χ0v) is 12.7. The van der Waals surface area contributed by atoms with E-state index in [-0.39, 0.29) is 11.4 Å². The van der Waals surface area contributed by atoms with Crippen molar-refractivity contribution in [1.82, 2.24) is 5.32 Å². The summed E-state index contributed by atoms with van der Waals surface area (Å²) in [5, 5.41) is 4.26. The minimum Gasteiger partial charge on any atom is -0.312 e. The van der Waals surface area contributed by atoms with Crippen molar-refractivity contribution in [2.45, 2.75) is 51.5 Å². The van der Waals surface area contributed by atoms with Crippen LogP contribution in [0.3, 0.4) is 0 Å². The average molecular weight is 284 g/mol. The second-order valence-corrected chi connectivity index (χ2v) is 7.00. The molecule has 1 aliphatic carbocycles. The van der Waals surface area contributed by atoms with E-state index in [9.17, 15) is 4.39 Å². The third-order valence-corrected chi connectivity index (χ3v) is 4.26. The van der Waals surface area contributed by atoms with Crippen LogP contribution in [-0.2, 0) is 0 Å². The Bertz CT molecular complexity index is 439. The molecule has 2 unspecified atom stereocenters. The third kappa shape index (κ3) is 3.93. The summed E-state index contributed by atoms with van der Waals surface area (Å²) in [6.07, 6.45) is 3.51. The fourth-order valence-corrected chi connectivity index (χ4v) is 3.18. The highest BCUT2D eigenvalue weighted by atomic mass is 35.5. The van der Waals surface area contributed by atoms with Gasteiger partial charge in [-0.15, -0.1) is 0 Å². The SMILES string of the molecule is CC(C)(C)NCC1CCCC1c1cc(F)ccc1Cl. The smallest absolute Gasteiger partial charge is 0.123 e. The summed E-state index contributed by atoms with van der Waals surface area (Å²) in [6, 6.07) is 4.73. The molecule has 0 spiro atoms. The molecule has 3 heteroatoms. The van der Waals surface area contributed by atoms with Crippen molar-refractivity contribution in [1.29, 1.82) is 0 Å². The molecule has 1 fully saturated rings. The molecule has 1 N–H and O–H groups in total.